The Kier molecular flexibility index (Phi) is 6.26. The van der Waals surface area contributed by atoms with E-state index in [9.17, 15) is 8.42 Å². The van der Waals surface area contributed by atoms with E-state index in [0.717, 1.165) is 44.3 Å². The highest BCUT2D eigenvalue weighted by atomic mass is 32.2. The maximum atomic E-state index is 12.7. The van der Waals surface area contributed by atoms with Crippen molar-refractivity contribution in [2.75, 3.05) is 13.7 Å². The van der Waals surface area contributed by atoms with Gasteiger partial charge in [-0.1, -0.05) is 32.6 Å². The molecule has 0 saturated heterocycles. The van der Waals surface area contributed by atoms with Crippen LogP contribution in [-0.4, -0.2) is 32.4 Å². The first kappa shape index (κ1) is 17.3. The monoisotopic (exact) mass is 325 g/mol. The van der Waals surface area contributed by atoms with Gasteiger partial charge in [-0.05, 0) is 43.5 Å². The van der Waals surface area contributed by atoms with Crippen molar-refractivity contribution in [2.24, 2.45) is 0 Å². The topological polar surface area (TPSA) is 46.6 Å². The molecule has 0 amide bonds. The fourth-order valence-corrected chi connectivity index (χ4v) is 4.27. The number of sulfonamides is 1. The van der Waals surface area contributed by atoms with Gasteiger partial charge >= 0.3 is 0 Å². The molecule has 0 atom stereocenters. The molecular formula is C17H27NO3S. The van der Waals surface area contributed by atoms with Crippen LogP contribution in [0.3, 0.4) is 0 Å². The van der Waals surface area contributed by atoms with Crippen LogP contribution in [0, 0.1) is 0 Å². The van der Waals surface area contributed by atoms with Gasteiger partial charge in [-0.2, -0.15) is 4.31 Å². The van der Waals surface area contributed by atoms with Gasteiger partial charge in [0.1, 0.15) is 5.75 Å². The number of unbranched alkanes of at least 4 members (excludes halogenated alkanes) is 1. The highest BCUT2D eigenvalue weighted by Crippen LogP contribution is 2.27. The second-order valence-electron chi connectivity index (χ2n) is 5.99. The highest BCUT2D eigenvalue weighted by Gasteiger charge is 2.28. The summed E-state index contributed by atoms with van der Waals surface area (Å²) in [6.45, 7) is 2.78. The number of benzene rings is 1. The molecule has 4 nitrogen and oxygen atoms in total. The number of rotatable bonds is 7. The molecule has 1 saturated carbocycles. The molecule has 0 radical (unpaired) electrons. The first-order valence-corrected chi connectivity index (χ1v) is 9.70. The van der Waals surface area contributed by atoms with Crippen molar-refractivity contribution in [3.8, 4) is 5.75 Å². The van der Waals surface area contributed by atoms with Crippen LogP contribution in [0.4, 0.5) is 0 Å². The number of hydrogen-bond donors (Lipinski definition) is 0. The Labute approximate surface area is 134 Å². The summed E-state index contributed by atoms with van der Waals surface area (Å²) in [6.07, 6.45) is 7.47. The summed E-state index contributed by atoms with van der Waals surface area (Å²) in [7, 11) is -1.70. The van der Waals surface area contributed by atoms with Gasteiger partial charge in [0.05, 0.1) is 11.5 Å². The van der Waals surface area contributed by atoms with E-state index in [4.69, 9.17) is 4.74 Å². The lowest BCUT2D eigenvalue weighted by Gasteiger charge is -2.30. The molecule has 22 heavy (non-hydrogen) atoms. The molecule has 0 N–H and O–H groups in total. The summed E-state index contributed by atoms with van der Waals surface area (Å²) >= 11 is 0. The number of hydrogen-bond acceptors (Lipinski definition) is 3. The first-order chi connectivity index (χ1) is 10.6. The Hall–Kier alpha value is -1.07. The van der Waals surface area contributed by atoms with E-state index < -0.39 is 10.0 Å². The molecule has 0 spiro atoms. The van der Waals surface area contributed by atoms with Crippen molar-refractivity contribution in [1.82, 2.24) is 4.31 Å². The van der Waals surface area contributed by atoms with Gasteiger partial charge in [-0.3, -0.25) is 0 Å². The average molecular weight is 325 g/mol. The summed E-state index contributed by atoms with van der Waals surface area (Å²) in [5, 5.41) is 0. The lowest BCUT2D eigenvalue weighted by molar-refractivity contribution is 0.285. The Morgan fingerprint density at radius 3 is 2.36 bits per heavy atom. The van der Waals surface area contributed by atoms with Gasteiger partial charge in [0, 0.05) is 13.1 Å². The van der Waals surface area contributed by atoms with Crippen molar-refractivity contribution in [3.63, 3.8) is 0 Å². The SMILES string of the molecule is CCCCOc1ccc(S(=O)(=O)N(C)C2CCCCC2)cc1. The minimum Gasteiger partial charge on any atom is -0.494 e. The lowest BCUT2D eigenvalue weighted by atomic mass is 9.96. The molecule has 2 rings (SSSR count). The first-order valence-electron chi connectivity index (χ1n) is 8.26. The molecule has 1 aromatic carbocycles. The highest BCUT2D eigenvalue weighted by molar-refractivity contribution is 7.89. The van der Waals surface area contributed by atoms with E-state index >= 15 is 0 Å². The predicted octanol–water partition coefficient (Wildman–Crippen LogP) is 3.82. The normalized spacial score (nSPS) is 16.9. The Morgan fingerprint density at radius 2 is 1.77 bits per heavy atom. The molecule has 1 aromatic rings. The maximum absolute atomic E-state index is 12.7. The van der Waals surface area contributed by atoms with Crippen LogP contribution in [-0.2, 0) is 10.0 Å². The fraction of sp³-hybridized carbons (Fsp3) is 0.647. The van der Waals surface area contributed by atoms with Gasteiger partial charge < -0.3 is 4.74 Å². The van der Waals surface area contributed by atoms with Gasteiger partial charge in [-0.15, -0.1) is 0 Å². The van der Waals surface area contributed by atoms with E-state index in [0.29, 0.717) is 11.5 Å². The molecule has 5 heteroatoms. The molecule has 0 bridgehead atoms. The third-order valence-corrected chi connectivity index (χ3v) is 6.28. The second-order valence-corrected chi connectivity index (χ2v) is 7.98. The predicted molar refractivity (Wildman–Crippen MR) is 88.7 cm³/mol. The molecule has 1 aliphatic carbocycles. The van der Waals surface area contributed by atoms with E-state index in [1.807, 2.05) is 0 Å². The quantitative estimate of drug-likeness (QED) is 0.716. The van der Waals surface area contributed by atoms with Crippen LogP contribution in [0.1, 0.15) is 51.9 Å². The molecule has 1 aliphatic rings. The standard InChI is InChI=1S/C17H27NO3S/c1-3-4-14-21-16-10-12-17(13-11-16)22(19,20)18(2)15-8-6-5-7-9-15/h10-13,15H,3-9,14H2,1-2H3. The number of nitrogens with zero attached hydrogens (tertiary/aromatic N) is 1. The summed E-state index contributed by atoms with van der Waals surface area (Å²) in [4.78, 5) is 0.350. The third-order valence-electron chi connectivity index (χ3n) is 4.36. The number of ether oxygens (including phenoxy) is 1. The van der Waals surface area contributed by atoms with E-state index in [1.165, 1.54) is 6.42 Å². The van der Waals surface area contributed by atoms with Crippen LogP contribution in [0.25, 0.3) is 0 Å². The minimum atomic E-state index is -3.40. The van der Waals surface area contributed by atoms with Crippen LogP contribution in [0.5, 0.6) is 5.75 Å². The zero-order valence-electron chi connectivity index (χ0n) is 13.6. The van der Waals surface area contributed by atoms with E-state index in [1.54, 1.807) is 35.6 Å². The molecule has 124 valence electrons. The Balaban J connectivity index is 2.05. The lowest BCUT2D eigenvalue weighted by Crippen LogP contribution is -2.38. The van der Waals surface area contributed by atoms with Gasteiger partial charge in [0.25, 0.3) is 0 Å². The van der Waals surface area contributed by atoms with E-state index in [-0.39, 0.29) is 6.04 Å². The zero-order chi connectivity index (χ0) is 16.0. The van der Waals surface area contributed by atoms with Gasteiger partial charge in [-0.25, -0.2) is 8.42 Å². The maximum Gasteiger partial charge on any atom is 0.243 e. The van der Waals surface area contributed by atoms with Crippen LogP contribution >= 0.6 is 0 Å². The summed E-state index contributed by atoms with van der Waals surface area (Å²) in [5.74, 6) is 0.729. The van der Waals surface area contributed by atoms with Crippen molar-refractivity contribution >= 4 is 10.0 Å². The molecule has 0 aliphatic heterocycles. The van der Waals surface area contributed by atoms with Crippen molar-refractivity contribution in [2.45, 2.75) is 62.8 Å². The molecule has 0 heterocycles. The van der Waals surface area contributed by atoms with Crippen LogP contribution in [0.15, 0.2) is 29.2 Å². The molecular weight excluding hydrogens is 298 g/mol. The van der Waals surface area contributed by atoms with Crippen molar-refractivity contribution in [1.29, 1.82) is 0 Å². The van der Waals surface area contributed by atoms with Crippen LogP contribution in [0.2, 0.25) is 0 Å². The molecule has 0 aromatic heterocycles. The van der Waals surface area contributed by atoms with Crippen molar-refractivity contribution < 1.29 is 13.2 Å². The smallest absolute Gasteiger partial charge is 0.243 e. The molecule has 0 unspecified atom stereocenters. The molecule has 1 fully saturated rings. The van der Waals surface area contributed by atoms with Gasteiger partial charge in [0.2, 0.25) is 10.0 Å². The Morgan fingerprint density at radius 1 is 1.14 bits per heavy atom. The Bertz CT molecular complexity index is 548. The summed E-state index contributed by atoms with van der Waals surface area (Å²) < 4.78 is 32.5. The van der Waals surface area contributed by atoms with Crippen LogP contribution < -0.4 is 4.74 Å². The summed E-state index contributed by atoms with van der Waals surface area (Å²) in [5.41, 5.74) is 0. The largest absolute Gasteiger partial charge is 0.494 e. The minimum absolute atomic E-state index is 0.138. The van der Waals surface area contributed by atoms with Gasteiger partial charge in [0.15, 0.2) is 0 Å². The fourth-order valence-electron chi connectivity index (χ4n) is 2.85. The second kappa shape index (κ2) is 7.97. The zero-order valence-corrected chi connectivity index (χ0v) is 14.4. The van der Waals surface area contributed by atoms with E-state index in [2.05, 4.69) is 6.92 Å². The third kappa shape index (κ3) is 4.23. The average Bonchev–Trinajstić information content (AvgIpc) is 2.55. The van der Waals surface area contributed by atoms with Crippen molar-refractivity contribution in [3.05, 3.63) is 24.3 Å². The summed E-state index contributed by atoms with van der Waals surface area (Å²) in [6, 6.07) is 6.93.